The van der Waals surface area contributed by atoms with Gasteiger partial charge in [0.05, 0.1) is 12.7 Å². The van der Waals surface area contributed by atoms with Gasteiger partial charge in [0.15, 0.2) is 6.23 Å². The Bertz CT molecular complexity index is 1830. The molecule has 50 heavy (non-hydrogen) atoms. The molecule has 1 aliphatic rings. The second-order valence-electron chi connectivity index (χ2n) is 15.2. The van der Waals surface area contributed by atoms with Crippen molar-refractivity contribution in [2.24, 2.45) is 5.92 Å². The Hall–Kier alpha value is -4.13. The fourth-order valence-corrected chi connectivity index (χ4v) is 17.0. The van der Waals surface area contributed by atoms with Crippen LogP contribution in [0.25, 0.3) is 0 Å². The zero-order valence-electron chi connectivity index (χ0n) is 30.0. The molecule has 9 heteroatoms. The van der Waals surface area contributed by atoms with Gasteiger partial charge >= 0.3 is 5.69 Å². The van der Waals surface area contributed by atoms with Crippen LogP contribution >= 0.6 is 0 Å². The van der Waals surface area contributed by atoms with Gasteiger partial charge in [0, 0.05) is 18.7 Å². The standard InChI is InChI=1S/C41H49N3O4Si2/c1-40(2,3)49(32-19-11-7-12-20-32,33-21-13-8-14-22-33)47-30-31-29-46-38(44-28-27-36(42)43-39(44)45)37(31)48-50(41(4,5)6,34-23-15-9-16-24-34)35-25-17-10-18-26-35/h7-28,31,37-38H,29-30H2,1-6H3,(H2,42,43,45)/t31-,37-,38-/m1/s1. The summed E-state index contributed by atoms with van der Waals surface area (Å²) in [4.78, 5) is 17.5. The fraction of sp³-hybridized carbons (Fsp3) is 0.317. The Morgan fingerprint density at radius 1 is 0.700 bits per heavy atom. The van der Waals surface area contributed by atoms with E-state index in [9.17, 15) is 4.79 Å². The molecule has 0 aliphatic carbocycles. The molecule has 0 unspecified atom stereocenters. The number of benzene rings is 4. The molecule has 0 amide bonds. The summed E-state index contributed by atoms with van der Waals surface area (Å²) in [6.45, 7) is 14.3. The second kappa shape index (κ2) is 14.2. The van der Waals surface area contributed by atoms with Gasteiger partial charge < -0.3 is 19.3 Å². The number of hydrogen-bond donors (Lipinski definition) is 1. The summed E-state index contributed by atoms with van der Waals surface area (Å²) in [5.74, 6) is -0.0342. The average Bonchev–Trinajstić information content (AvgIpc) is 3.49. The molecule has 6 rings (SSSR count). The summed E-state index contributed by atoms with van der Waals surface area (Å²) in [6, 6.07) is 44.1. The molecule has 0 spiro atoms. The lowest BCUT2D eigenvalue weighted by Gasteiger charge is -2.47. The van der Waals surface area contributed by atoms with Crippen molar-refractivity contribution < 1.29 is 13.6 Å². The molecular weight excluding hydrogens is 655 g/mol. The number of rotatable bonds is 10. The number of anilines is 1. The van der Waals surface area contributed by atoms with Gasteiger partial charge in [0.2, 0.25) is 0 Å². The van der Waals surface area contributed by atoms with Gasteiger partial charge in [-0.3, -0.25) is 4.57 Å². The maximum atomic E-state index is 13.4. The molecule has 1 aromatic heterocycles. The van der Waals surface area contributed by atoms with E-state index in [1.54, 1.807) is 12.3 Å². The molecule has 0 radical (unpaired) electrons. The van der Waals surface area contributed by atoms with Gasteiger partial charge in [-0.2, -0.15) is 4.98 Å². The molecule has 1 fully saturated rings. The fourth-order valence-electron chi connectivity index (χ4n) is 7.69. The highest BCUT2D eigenvalue weighted by molar-refractivity contribution is 7.00. The van der Waals surface area contributed by atoms with E-state index in [2.05, 4.69) is 156 Å². The molecule has 260 valence electrons. The molecule has 7 nitrogen and oxygen atoms in total. The third-order valence-electron chi connectivity index (χ3n) is 10.0. The number of aromatic nitrogens is 2. The van der Waals surface area contributed by atoms with Crippen LogP contribution < -0.4 is 32.2 Å². The van der Waals surface area contributed by atoms with Crippen LogP contribution in [0.2, 0.25) is 10.1 Å². The smallest absolute Gasteiger partial charge is 0.351 e. The minimum absolute atomic E-state index is 0.167. The van der Waals surface area contributed by atoms with Gasteiger partial charge in [-0.05, 0) is 36.9 Å². The molecule has 2 N–H and O–H groups in total. The lowest BCUT2D eigenvalue weighted by molar-refractivity contribution is -0.00841. The minimum Gasteiger partial charge on any atom is -0.407 e. The van der Waals surface area contributed by atoms with Gasteiger partial charge in [0.25, 0.3) is 16.6 Å². The topological polar surface area (TPSA) is 88.6 Å². The number of nitrogen functional groups attached to an aromatic ring is 1. The summed E-state index contributed by atoms with van der Waals surface area (Å²) in [5, 5.41) is 4.21. The highest BCUT2D eigenvalue weighted by Crippen LogP contribution is 2.43. The summed E-state index contributed by atoms with van der Waals surface area (Å²) < 4.78 is 23.4. The van der Waals surface area contributed by atoms with Crippen LogP contribution in [0.4, 0.5) is 5.82 Å². The van der Waals surface area contributed by atoms with Crippen molar-refractivity contribution in [3.63, 3.8) is 0 Å². The van der Waals surface area contributed by atoms with Crippen LogP contribution in [0.3, 0.4) is 0 Å². The Morgan fingerprint density at radius 2 is 1.12 bits per heavy atom. The number of ether oxygens (including phenoxy) is 1. The Kier molecular flexibility index (Phi) is 10.2. The van der Waals surface area contributed by atoms with E-state index in [0.717, 1.165) is 10.4 Å². The minimum atomic E-state index is -3.08. The number of nitrogens with two attached hydrogens (primary N) is 1. The first-order valence-corrected chi connectivity index (χ1v) is 21.2. The molecule has 4 aromatic carbocycles. The van der Waals surface area contributed by atoms with Crippen LogP contribution in [-0.2, 0) is 13.6 Å². The van der Waals surface area contributed by atoms with Crippen molar-refractivity contribution in [1.29, 1.82) is 0 Å². The van der Waals surface area contributed by atoms with Gasteiger partial charge in [-0.15, -0.1) is 0 Å². The Morgan fingerprint density at radius 3 is 1.52 bits per heavy atom. The molecule has 3 atom stereocenters. The largest absolute Gasteiger partial charge is 0.407 e. The highest BCUT2D eigenvalue weighted by atomic mass is 28.4. The number of nitrogens with zero attached hydrogens (tertiary/aromatic N) is 2. The molecule has 5 aromatic rings. The van der Waals surface area contributed by atoms with E-state index in [1.165, 1.54) is 14.9 Å². The SMILES string of the molecule is CC(C)(C)[Si](OC[C@H]1CO[C@@H](n2ccc(N)nc2=O)[C@@H]1O[Si](c1ccccc1)(c1ccccc1)C(C)(C)C)(c1ccccc1)c1ccccc1. The Labute approximate surface area is 298 Å². The van der Waals surface area contributed by atoms with E-state index in [1.807, 2.05) is 12.1 Å². The van der Waals surface area contributed by atoms with Crippen molar-refractivity contribution in [2.45, 2.75) is 64.0 Å². The van der Waals surface area contributed by atoms with Gasteiger partial charge in [-0.1, -0.05) is 163 Å². The van der Waals surface area contributed by atoms with Crippen LogP contribution in [0.15, 0.2) is 138 Å². The maximum Gasteiger partial charge on any atom is 0.351 e. The molecule has 1 aliphatic heterocycles. The molecule has 1 saturated heterocycles. The lowest BCUT2D eigenvalue weighted by atomic mass is 10.1. The first-order valence-electron chi connectivity index (χ1n) is 17.4. The summed E-state index contributed by atoms with van der Waals surface area (Å²) in [7, 11) is -5.97. The quantitative estimate of drug-likeness (QED) is 0.194. The lowest BCUT2D eigenvalue weighted by Crippen LogP contribution is -2.69. The second-order valence-corrected chi connectivity index (χ2v) is 23.8. The summed E-state index contributed by atoms with van der Waals surface area (Å²) in [6.07, 6.45) is 0.398. The normalized spacial score (nSPS) is 18.6. The van der Waals surface area contributed by atoms with Crippen molar-refractivity contribution in [1.82, 2.24) is 9.55 Å². The van der Waals surface area contributed by atoms with Crippen molar-refractivity contribution >= 4 is 43.2 Å². The van der Waals surface area contributed by atoms with Crippen molar-refractivity contribution in [2.75, 3.05) is 18.9 Å². The van der Waals surface area contributed by atoms with E-state index in [-0.39, 0.29) is 21.8 Å². The predicted molar refractivity (Wildman–Crippen MR) is 207 cm³/mol. The van der Waals surface area contributed by atoms with Crippen molar-refractivity contribution in [3.8, 4) is 0 Å². The van der Waals surface area contributed by atoms with E-state index in [4.69, 9.17) is 19.3 Å². The van der Waals surface area contributed by atoms with Crippen molar-refractivity contribution in [3.05, 3.63) is 144 Å². The molecule has 0 saturated carbocycles. The summed E-state index contributed by atoms with van der Waals surface area (Å²) >= 11 is 0. The maximum absolute atomic E-state index is 13.4. The zero-order valence-corrected chi connectivity index (χ0v) is 32.0. The molecular formula is C41H49N3O4Si2. The van der Waals surface area contributed by atoms with Gasteiger partial charge in [-0.25, -0.2) is 4.79 Å². The first-order chi connectivity index (χ1) is 23.9. The predicted octanol–water partition coefficient (Wildman–Crippen LogP) is 5.49. The Balaban J connectivity index is 1.50. The first kappa shape index (κ1) is 35.7. The van der Waals surface area contributed by atoms with E-state index in [0.29, 0.717) is 13.2 Å². The zero-order chi connectivity index (χ0) is 35.6. The van der Waals surface area contributed by atoms with E-state index < -0.39 is 34.7 Å². The molecule has 0 bridgehead atoms. The van der Waals surface area contributed by atoms with Gasteiger partial charge in [0.1, 0.15) is 5.82 Å². The van der Waals surface area contributed by atoms with Crippen LogP contribution in [-0.4, -0.2) is 45.5 Å². The van der Waals surface area contributed by atoms with Crippen LogP contribution in [0.1, 0.15) is 47.8 Å². The molecule has 2 heterocycles. The monoisotopic (exact) mass is 703 g/mol. The average molecular weight is 704 g/mol. The highest BCUT2D eigenvalue weighted by Gasteiger charge is 2.56. The summed E-state index contributed by atoms with van der Waals surface area (Å²) in [5.41, 5.74) is 5.47. The van der Waals surface area contributed by atoms with Crippen LogP contribution in [0, 0.1) is 5.92 Å². The number of hydrogen-bond acceptors (Lipinski definition) is 6. The van der Waals surface area contributed by atoms with E-state index >= 15 is 0 Å². The third-order valence-corrected chi connectivity index (χ3v) is 20.0. The third kappa shape index (κ3) is 6.56. The van der Waals surface area contributed by atoms with Crippen LogP contribution in [0.5, 0.6) is 0 Å².